The normalized spacial score (nSPS) is 14.2. The van der Waals surface area contributed by atoms with E-state index in [4.69, 9.17) is 0 Å². The fourth-order valence-corrected chi connectivity index (χ4v) is 2.41. The summed E-state index contributed by atoms with van der Waals surface area (Å²) < 4.78 is 0. The number of rotatable bonds is 6. The number of benzene rings is 1. The Morgan fingerprint density at radius 3 is 2.57 bits per heavy atom. The Labute approximate surface area is 127 Å². The molecule has 3 heteroatoms. The van der Waals surface area contributed by atoms with Crippen molar-refractivity contribution in [2.75, 3.05) is 11.9 Å². The van der Waals surface area contributed by atoms with E-state index in [1.807, 2.05) is 6.20 Å². The summed E-state index contributed by atoms with van der Waals surface area (Å²) in [5.74, 6) is 0. The second kappa shape index (κ2) is 6.27. The minimum absolute atomic E-state index is 0.717. The third-order valence-electron chi connectivity index (χ3n) is 4.07. The van der Waals surface area contributed by atoms with E-state index < -0.39 is 0 Å². The first-order valence-electron chi connectivity index (χ1n) is 7.77. The maximum absolute atomic E-state index is 4.45. The molecule has 1 saturated carbocycles. The van der Waals surface area contributed by atoms with Crippen LogP contribution < -0.4 is 10.2 Å². The van der Waals surface area contributed by atoms with Crippen LogP contribution in [0.4, 0.5) is 11.4 Å². The maximum Gasteiger partial charge on any atom is 0.0562 e. The van der Waals surface area contributed by atoms with Crippen LogP contribution in [0.3, 0.4) is 0 Å². The van der Waals surface area contributed by atoms with Crippen molar-refractivity contribution in [3.05, 3.63) is 53.9 Å². The third-order valence-corrected chi connectivity index (χ3v) is 4.07. The first-order chi connectivity index (χ1) is 10.3. The molecule has 1 heterocycles. The van der Waals surface area contributed by atoms with Crippen molar-refractivity contribution in [3.8, 4) is 0 Å². The van der Waals surface area contributed by atoms with Crippen LogP contribution in [0, 0.1) is 0 Å². The number of aromatic nitrogens is 1. The number of nitrogens with zero attached hydrogens (tertiary/aromatic N) is 2. The molecule has 0 radical (unpaired) electrons. The molecule has 0 spiro atoms. The van der Waals surface area contributed by atoms with Gasteiger partial charge in [0.15, 0.2) is 0 Å². The Balaban J connectivity index is 1.72. The maximum atomic E-state index is 4.45. The quantitative estimate of drug-likeness (QED) is 0.875. The second-order valence-electron chi connectivity index (χ2n) is 5.74. The summed E-state index contributed by atoms with van der Waals surface area (Å²) in [6, 6.07) is 13.7. The molecular weight excluding hydrogens is 258 g/mol. The minimum atomic E-state index is 0.717. The van der Waals surface area contributed by atoms with Crippen LogP contribution in [0.25, 0.3) is 0 Å². The van der Waals surface area contributed by atoms with E-state index in [9.17, 15) is 0 Å². The molecule has 1 aliphatic rings. The van der Waals surface area contributed by atoms with Crippen molar-refractivity contribution >= 4 is 11.4 Å². The van der Waals surface area contributed by atoms with Gasteiger partial charge in [-0.05, 0) is 49.1 Å². The largest absolute Gasteiger partial charge is 0.345 e. The Bertz CT molecular complexity index is 588. The van der Waals surface area contributed by atoms with E-state index >= 15 is 0 Å². The smallest absolute Gasteiger partial charge is 0.0562 e. The van der Waals surface area contributed by atoms with Crippen molar-refractivity contribution in [2.24, 2.45) is 0 Å². The van der Waals surface area contributed by atoms with Gasteiger partial charge in [-0.2, -0.15) is 0 Å². The average Bonchev–Trinajstić information content (AvgIpc) is 3.37. The van der Waals surface area contributed by atoms with Crippen LogP contribution in [-0.4, -0.2) is 18.1 Å². The van der Waals surface area contributed by atoms with Gasteiger partial charge in [0.25, 0.3) is 0 Å². The molecule has 0 aliphatic heterocycles. The van der Waals surface area contributed by atoms with Crippen molar-refractivity contribution in [2.45, 2.75) is 38.8 Å². The minimum Gasteiger partial charge on any atom is -0.345 e. The van der Waals surface area contributed by atoms with Crippen molar-refractivity contribution < 1.29 is 0 Å². The van der Waals surface area contributed by atoms with Gasteiger partial charge >= 0.3 is 0 Å². The highest BCUT2D eigenvalue weighted by atomic mass is 15.1. The lowest BCUT2D eigenvalue weighted by molar-refractivity contribution is 0.674. The van der Waals surface area contributed by atoms with Gasteiger partial charge in [0.2, 0.25) is 0 Å². The molecule has 1 aromatic heterocycles. The lowest BCUT2D eigenvalue weighted by Gasteiger charge is -2.20. The van der Waals surface area contributed by atoms with Crippen LogP contribution in [0.15, 0.2) is 42.6 Å². The molecule has 3 nitrogen and oxygen atoms in total. The molecule has 1 N–H and O–H groups in total. The topological polar surface area (TPSA) is 28.2 Å². The van der Waals surface area contributed by atoms with E-state index in [0.29, 0.717) is 0 Å². The van der Waals surface area contributed by atoms with Crippen LogP contribution >= 0.6 is 0 Å². The molecule has 2 aromatic rings. The number of aryl methyl sites for hydroxylation is 1. The van der Waals surface area contributed by atoms with Crippen molar-refractivity contribution in [3.63, 3.8) is 0 Å². The van der Waals surface area contributed by atoms with Crippen LogP contribution in [0.1, 0.15) is 31.0 Å². The fourth-order valence-electron chi connectivity index (χ4n) is 2.41. The number of nitrogens with one attached hydrogen (secondary N) is 1. The van der Waals surface area contributed by atoms with Crippen LogP contribution in [0.5, 0.6) is 0 Å². The third kappa shape index (κ3) is 3.61. The molecule has 1 aliphatic carbocycles. The zero-order valence-corrected chi connectivity index (χ0v) is 12.8. The average molecular weight is 281 g/mol. The Hall–Kier alpha value is -1.87. The van der Waals surface area contributed by atoms with Crippen LogP contribution in [-0.2, 0) is 13.0 Å². The molecular formula is C18H23N3. The standard InChI is InChI=1S/C18H23N3/c1-3-14-4-8-17(9-5-14)21(2)18-10-11-19-16(12-18)13-20-15-6-7-15/h4-5,8-12,15,20H,3,6-7,13H2,1-2H3. The summed E-state index contributed by atoms with van der Waals surface area (Å²) in [4.78, 5) is 6.66. The van der Waals surface area contributed by atoms with E-state index in [-0.39, 0.29) is 0 Å². The highest BCUT2D eigenvalue weighted by Gasteiger charge is 2.20. The molecule has 0 saturated heterocycles. The molecule has 0 bridgehead atoms. The Kier molecular flexibility index (Phi) is 4.20. The molecule has 1 aromatic carbocycles. The molecule has 0 amide bonds. The van der Waals surface area contributed by atoms with E-state index in [0.717, 1.165) is 24.7 Å². The Morgan fingerprint density at radius 1 is 1.14 bits per heavy atom. The fraction of sp³-hybridized carbons (Fsp3) is 0.389. The zero-order chi connectivity index (χ0) is 14.7. The summed E-state index contributed by atoms with van der Waals surface area (Å²) in [6.07, 6.45) is 5.60. The number of pyridine rings is 1. The number of hydrogen-bond donors (Lipinski definition) is 1. The highest BCUT2D eigenvalue weighted by Crippen LogP contribution is 2.24. The van der Waals surface area contributed by atoms with Crippen molar-refractivity contribution in [1.29, 1.82) is 0 Å². The van der Waals surface area contributed by atoms with E-state index in [1.165, 1.54) is 29.8 Å². The molecule has 3 rings (SSSR count). The lowest BCUT2D eigenvalue weighted by atomic mass is 10.1. The van der Waals surface area contributed by atoms with Gasteiger partial charge in [-0.25, -0.2) is 0 Å². The first-order valence-corrected chi connectivity index (χ1v) is 7.77. The molecule has 21 heavy (non-hydrogen) atoms. The van der Waals surface area contributed by atoms with Gasteiger partial charge in [-0.1, -0.05) is 19.1 Å². The molecule has 0 unspecified atom stereocenters. The van der Waals surface area contributed by atoms with Gasteiger partial charge in [0.05, 0.1) is 5.69 Å². The number of anilines is 2. The highest BCUT2D eigenvalue weighted by molar-refractivity contribution is 5.62. The van der Waals surface area contributed by atoms with Gasteiger partial charge in [-0.3, -0.25) is 4.98 Å². The molecule has 0 atom stereocenters. The summed E-state index contributed by atoms with van der Waals surface area (Å²) in [7, 11) is 2.11. The summed E-state index contributed by atoms with van der Waals surface area (Å²) in [5.41, 5.74) is 4.87. The predicted molar refractivity (Wildman–Crippen MR) is 88.0 cm³/mol. The summed E-state index contributed by atoms with van der Waals surface area (Å²) in [5, 5.41) is 3.51. The van der Waals surface area contributed by atoms with Crippen LogP contribution in [0.2, 0.25) is 0 Å². The molecule has 1 fully saturated rings. The number of hydrogen-bond acceptors (Lipinski definition) is 3. The van der Waals surface area contributed by atoms with Gasteiger partial charge < -0.3 is 10.2 Å². The van der Waals surface area contributed by atoms with Gasteiger partial charge in [-0.15, -0.1) is 0 Å². The lowest BCUT2D eigenvalue weighted by Crippen LogP contribution is -2.17. The van der Waals surface area contributed by atoms with Crippen molar-refractivity contribution in [1.82, 2.24) is 10.3 Å². The van der Waals surface area contributed by atoms with Gasteiger partial charge in [0, 0.05) is 37.2 Å². The monoisotopic (exact) mass is 281 g/mol. The zero-order valence-electron chi connectivity index (χ0n) is 12.8. The van der Waals surface area contributed by atoms with Gasteiger partial charge in [0.1, 0.15) is 0 Å². The summed E-state index contributed by atoms with van der Waals surface area (Å²) in [6.45, 7) is 3.04. The van der Waals surface area contributed by atoms with E-state index in [1.54, 1.807) is 0 Å². The Morgan fingerprint density at radius 2 is 1.90 bits per heavy atom. The first kappa shape index (κ1) is 14.1. The summed E-state index contributed by atoms with van der Waals surface area (Å²) >= 11 is 0. The predicted octanol–water partition coefficient (Wildman–Crippen LogP) is 3.66. The SMILES string of the molecule is CCc1ccc(N(C)c2ccnc(CNC3CC3)c2)cc1. The molecule has 110 valence electrons. The second-order valence-corrected chi connectivity index (χ2v) is 5.74. The van der Waals surface area contributed by atoms with E-state index in [2.05, 4.69) is 65.6 Å².